The average molecular weight is 289 g/mol. The summed E-state index contributed by atoms with van der Waals surface area (Å²) in [5.74, 6) is 0.541. The number of hydrogen-bond donors (Lipinski definition) is 1. The highest BCUT2D eigenvalue weighted by atomic mass is 32.2. The number of nitrogens with zero attached hydrogens (tertiary/aromatic N) is 2. The van der Waals surface area contributed by atoms with Gasteiger partial charge in [0.25, 0.3) is 10.2 Å². The van der Waals surface area contributed by atoms with Crippen LogP contribution < -0.4 is 5.32 Å². The van der Waals surface area contributed by atoms with E-state index >= 15 is 0 Å². The summed E-state index contributed by atoms with van der Waals surface area (Å²) in [5.41, 5.74) is 0. The molecule has 1 aliphatic carbocycles. The van der Waals surface area contributed by atoms with Gasteiger partial charge >= 0.3 is 0 Å². The molecule has 0 aromatic carbocycles. The Balaban J connectivity index is 1.74. The molecule has 0 aromatic heterocycles. The molecule has 5 nitrogen and oxygen atoms in total. The van der Waals surface area contributed by atoms with Crippen molar-refractivity contribution in [2.24, 2.45) is 5.92 Å². The highest BCUT2D eigenvalue weighted by Crippen LogP contribution is 2.23. The van der Waals surface area contributed by atoms with Gasteiger partial charge in [-0.1, -0.05) is 13.3 Å². The topological polar surface area (TPSA) is 52.7 Å². The lowest BCUT2D eigenvalue weighted by Gasteiger charge is -2.24. The van der Waals surface area contributed by atoms with Crippen molar-refractivity contribution < 1.29 is 8.42 Å². The van der Waals surface area contributed by atoms with Crippen LogP contribution in [-0.2, 0) is 10.2 Å². The van der Waals surface area contributed by atoms with Gasteiger partial charge in [0, 0.05) is 32.7 Å². The maximum Gasteiger partial charge on any atom is 0.281 e. The van der Waals surface area contributed by atoms with Crippen LogP contribution in [0.15, 0.2) is 0 Å². The van der Waals surface area contributed by atoms with Crippen molar-refractivity contribution in [3.05, 3.63) is 0 Å². The third-order valence-corrected chi connectivity index (χ3v) is 6.16. The molecule has 1 saturated heterocycles. The smallest absolute Gasteiger partial charge is 0.281 e. The SMILES string of the molecule is CCC1CCN(S(=O)(=O)N(C)CCCNC2CC2)C1. The van der Waals surface area contributed by atoms with Gasteiger partial charge < -0.3 is 5.32 Å². The zero-order chi connectivity index (χ0) is 13.9. The molecule has 1 heterocycles. The van der Waals surface area contributed by atoms with E-state index in [0.717, 1.165) is 25.8 Å². The molecule has 0 radical (unpaired) electrons. The highest BCUT2D eigenvalue weighted by molar-refractivity contribution is 7.86. The van der Waals surface area contributed by atoms with Crippen LogP contribution in [0.1, 0.15) is 39.0 Å². The maximum absolute atomic E-state index is 12.4. The minimum absolute atomic E-state index is 0.541. The average Bonchev–Trinajstić information content (AvgIpc) is 3.07. The summed E-state index contributed by atoms with van der Waals surface area (Å²) >= 11 is 0. The minimum Gasteiger partial charge on any atom is -0.314 e. The van der Waals surface area contributed by atoms with E-state index in [1.807, 2.05) is 0 Å². The van der Waals surface area contributed by atoms with Gasteiger partial charge in [0.1, 0.15) is 0 Å². The second-order valence-electron chi connectivity index (χ2n) is 5.83. The van der Waals surface area contributed by atoms with Gasteiger partial charge in [-0.15, -0.1) is 0 Å². The number of nitrogens with one attached hydrogen (secondary N) is 1. The summed E-state index contributed by atoms with van der Waals surface area (Å²) in [7, 11) is -1.53. The fourth-order valence-corrected chi connectivity index (χ4v) is 4.04. The Bertz CT molecular complexity index is 381. The van der Waals surface area contributed by atoms with Crippen LogP contribution in [0.3, 0.4) is 0 Å². The highest BCUT2D eigenvalue weighted by Gasteiger charge is 2.33. The molecule has 6 heteroatoms. The Morgan fingerprint density at radius 1 is 1.32 bits per heavy atom. The molecule has 1 saturated carbocycles. The van der Waals surface area contributed by atoms with Crippen molar-refractivity contribution in [2.45, 2.75) is 45.1 Å². The van der Waals surface area contributed by atoms with E-state index in [-0.39, 0.29) is 0 Å². The van der Waals surface area contributed by atoms with Gasteiger partial charge in [0.05, 0.1) is 0 Å². The summed E-state index contributed by atoms with van der Waals surface area (Å²) < 4.78 is 27.9. The molecule has 0 spiro atoms. The molecule has 0 amide bonds. The standard InChI is InChI=1S/C13H27N3O2S/c1-3-12-7-10-16(11-12)19(17,18)15(2)9-4-8-14-13-5-6-13/h12-14H,3-11H2,1-2H3. The van der Waals surface area contributed by atoms with Crippen LogP contribution in [0.2, 0.25) is 0 Å². The molecule has 1 N–H and O–H groups in total. The Kier molecular flexibility index (Phi) is 5.22. The fraction of sp³-hybridized carbons (Fsp3) is 1.00. The molecule has 0 bridgehead atoms. The first-order chi connectivity index (χ1) is 9.04. The summed E-state index contributed by atoms with van der Waals surface area (Å²) in [4.78, 5) is 0. The zero-order valence-corrected chi connectivity index (χ0v) is 13.0. The molecule has 112 valence electrons. The first-order valence-electron chi connectivity index (χ1n) is 7.48. The Morgan fingerprint density at radius 3 is 2.63 bits per heavy atom. The second-order valence-corrected chi connectivity index (χ2v) is 7.87. The predicted molar refractivity (Wildman–Crippen MR) is 77.2 cm³/mol. The molecule has 1 atom stereocenters. The molecule has 2 rings (SSSR count). The summed E-state index contributed by atoms with van der Waals surface area (Å²) in [6.45, 7) is 5.04. The van der Waals surface area contributed by atoms with E-state index in [9.17, 15) is 8.42 Å². The number of rotatable bonds is 8. The van der Waals surface area contributed by atoms with E-state index in [4.69, 9.17) is 0 Å². The van der Waals surface area contributed by atoms with Crippen LogP contribution in [0.4, 0.5) is 0 Å². The predicted octanol–water partition coefficient (Wildman–Crippen LogP) is 1.04. The van der Waals surface area contributed by atoms with Crippen molar-refractivity contribution in [1.82, 2.24) is 13.9 Å². The van der Waals surface area contributed by atoms with Crippen LogP contribution >= 0.6 is 0 Å². The Hall–Kier alpha value is -0.170. The molecule has 19 heavy (non-hydrogen) atoms. The third-order valence-electron chi connectivity index (χ3n) is 4.21. The van der Waals surface area contributed by atoms with Crippen LogP contribution in [0.25, 0.3) is 0 Å². The maximum atomic E-state index is 12.4. The number of hydrogen-bond acceptors (Lipinski definition) is 3. The van der Waals surface area contributed by atoms with Crippen molar-refractivity contribution in [1.29, 1.82) is 0 Å². The van der Waals surface area contributed by atoms with Crippen LogP contribution in [0.5, 0.6) is 0 Å². The van der Waals surface area contributed by atoms with E-state index in [0.29, 0.717) is 31.6 Å². The molecular formula is C13H27N3O2S. The third kappa shape index (κ3) is 4.15. The molecule has 0 aromatic rings. The van der Waals surface area contributed by atoms with Gasteiger partial charge in [-0.2, -0.15) is 17.0 Å². The van der Waals surface area contributed by atoms with E-state index in [1.165, 1.54) is 17.1 Å². The van der Waals surface area contributed by atoms with Crippen molar-refractivity contribution >= 4 is 10.2 Å². The quantitative estimate of drug-likeness (QED) is 0.679. The zero-order valence-electron chi connectivity index (χ0n) is 12.1. The lowest BCUT2D eigenvalue weighted by atomic mass is 10.1. The molecular weight excluding hydrogens is 262 g/mol. The molecule has 2 fully saturated rings. The first-order valence-corrected chi connectivity index (χ1v) is 8.88. The van der Waals surface area contributed by atoms with Crippen molar-refractivity contribution in [3.63, 3.8) is 0 Å². The fourth-order valence-electron chi connectivity index (χ4n) is 2.55. The lowest BCUT2D eigenvalue weighted by molar-refractivity contribution is 0.380. The van der Waals surface area contributed by atoms with Crippen molar-refractivity contribution in [3.8, 4) is 0 Å². The summed E-state index contributed by atoms with van der Waals surface area (Å²) in [5, 5.41) is 3.41. The lowest BCUT2D eigenvalue weighted by Crippen LogP contribution is -2.41. The first kappa shape index (κ1) is 15.2. The molecule has 2 aliphatic rings. The molecule has 1 aliphatic heterocycles. The minimum atomic E-state index is -3.23. The van der Waals surface area contributed by atoms with Gasteiger partial charge in [0.2, 0.25) is 0 Å². The van der Waals surface area contributed by atoms with Gasteiger partial charge in [-0.3, -0.25) is 0 Å². The Morgan fingerprint density at radius 2 is 2.05 bits per heavy atom. The summed E-state index contributed by atoms with van der Waals surface area (Å²) in [6.07, 6.45) is 5.52. The largest absolute Gasteiger partial charge is 0.314 e. The van der Waals surface area contributed by atoms with Crippen molar-refractivity contribution in [2.75, 3.05) is 33.2 Å². The van der Waals surface area contributed by atoms with Crippen LogP contribution in [-0.4, -0.2) is 56.3 Å². The van der Waals surface area contributed by atoms with Gasteiger partial charge in [-0.25, -0.2) is 0 Å². The van der Waals surface area contributed by atoms with Gasteiger partial charge in [-0.05, 0) is 38.1 Å². The second kappa shape index (κ2) is 6.52. The normalized spacial score (nSPS) is 25.3. The summed E-state index contributed by atoms with van der Waals surface area (Å²) in [6, 6.07) is 0.700. The van der Waals surface area contributed by atoms with Gasteiger partial charge in [0.15, 0.2) is 0 Å². The Labute approximate surface area is 117 Å². The van der Waals surface area contributed by atoms with E-state index in [2.05, 4.69) is 12.2 Å². The van der Waals surface area contributed by atoms with E-state index < -0.39 is 10.2 Å². The van der Waals surface area contributed by atoms with E-state index in [1.54, 1.807) is 11.4 Å². The monoisotopic (exact) mass is 289 g/mol. The molecule has 1 unspecified atom stereocenters. The van der Waals surface area contributed by atoms with Crippen LogP contribution in [0, 0.1) is 5.92 Å².